The smallest absolute Gasteiger partial charge is 0.108 e. The van der Waals surface area contributed by atoms with Crippen LogP contribution in [0.1, 0.15) is 19.8 Å². The normalized spacial score (nSPS) is 11.2. The zero-order valence-corrected chi connectivity index (χ0v) is 11.2. The zero-order chi connectivity index (χ0) is 12.2. The third kappa shape index (κ3) is 7.80. The predicted octanol–water partition coefficient (Wildman–Crippen LogP) is 2.68. The van der Waals surface area contributed by atoms with E-state index in [2.05, 4.69) is 11.6 Å². The lowest BCUT2D eigenvalue weighted by Crippen LogP contribution is -1.97. The molecule has 0 spiro atoms. The van der Waals surface area contributed by atoms with E-state index in [9.17, 15) is 0 Å². The van der Waals surface area contributed by atoms with Gasteiger partial charge in [-0.1, -0.05) is 18.3 Å². The van der Waals surface area contributed by atoms with Crippen molar-refractivity contribution in [1.82, 2.24) is 0 Å². The van der Waals surface area contributed by atoms with Crippen molar-refractivity contribution in [3.8, 4) is 6.07 Å². The Bertz CT molecular complexity index is 272. The van der Waals surface area contributed by atoms with Crippen LogP contribution < -0.4 is 0 Å². The van der Waals surface area contributed by atoms with Gasteiger partial charge in [-0.3, -0.25) is 4.99 Å². The fourth-order valence-electron chi connectivity index (χ4n) is 0.892. The molecule has 0 amide bonds. The summed E-state index contributed by atoms with van der Waals surface area (Å²) in [6, 6.07) is 2.02. The second-order valence-corrected chi connectivity index (χ2v) is 5.41. The topological polar surface area (TPSA) is 56.4 Å². The first-order valence-electron chi connectivity index (χ1n) is 5.21. The first-order chi connectivity index (χ1) is 7.76. The Hall–Kier alpha value is -0.440. The number of hydrogen-bond donors (Lipinski definition) is 1. The van der Waals surface area contributed by atoms with E-state index >= 15 is 0 Å². The molecule has 0 unspecified atom stereocenters. The zero-order valence-electron chi connectivity index (χ0n) is 9.61. The molecular formula is C11H18N2OS2. The molecule has 0 saturated heterocycles. The number of aliphatic hydroxyl groups excluding tert-OH is 1. The largest absolute Gasteiger partial charge is 0.396 e. The average Bonchev–Trinajstić information content (AvgIpc) is 2.31. The van der Waals surface area contributed by atoms with Crippen LogP contribution in [0, 0.1) is 11.3 Å². The van der Waals surface area contributed by atoms with Crippen molar-refractivity contribution >= 4 is 28.6 Å². The van der Waals surface area contributed by atoms with Crippen LogP contribution in [-0.4, -0.2) is 34.1 Å². The van der Waals surface area contributed by atoms with E-state index in [4.69, 9.17) is 10.4 Å². The lowest BCUT2D eigenvalue weighted by atomic mass is 10.4. The van der Waals surface area contributed by atoms with Gasteiger partial charge in [0.05, 0.1) is 5.57 Å². The minimum atomic E-state index is 0.265. The molecule has 0 heterocycles. The Morgan fingerprint density at radius 1 is 1.50 bits per heavy atom. The van der Waals surface area contributed by atoms with Gasteiger partial charge in [-0.05, 0) is 25.5 Å². The van der Waals surface area contributed by atoms with Gasteiger partial charge in [0.25, 0.3) is 0 Å². The third-order valence-corrected chi connectivity index (χ3v) is 4.03. The van der Waals surface area contributed by atoms with Gasteiger partial charge in [-0.2, -0.15) is 17.0 Å². The second-order valence-electron chi connectivity index (χ2n) is 2.97. The maximum atomic E-state index is 8.73. The first kappa shape index (κ1) is 15.6. The number of hydrogen-bond acceptors (Lipinski definition) is 5. The predicted molar refractivity (Wildman–Crippen MR) is 74.0 cm³/mol. The third-order valence-electron chi connectivity index (χ3n) is 1.67. The van der Waals surface area contributed by atoms with Crippen LogP contribution >= 0.6 is 23.5 Å². The highest BCUT2D eigenvalue weighted by atomic mass is 32.2. The van der Waals surface area contributed by atoms with Crippen molar-refractivity contribution in [3.05, 3.63) is 12.2 Å². The van der Waals surface area contributed by atoms with Gasteiger partial charge in [-0.25, -0.2) is 0 Å². The van der Waals surface area contributed by atoms with E-state index in [1.807, 2.05) is 13.0 Å². The Kier molecular flexibility index (Phi) is 10.8. The molecule has 0 saturated carbocycles. The summed E-state index contributed by atoms with van der Waals surface area (Å²) >= 11 is 3.36. The maximum absolute atomic E-state index is 8.73. The summed E-state index contributed by atoms with van der Waals surface area (Å²) in [6.07, 6.45) is 1.89. The number of aliphatic hydroxyl groups is 1. The van der Waals surface area contributed by atoms with Crippen LogP contribution in [0.25, 0.3) is 0 Å². The summed E-state index contributed by atoms with van der Waals surface area (Å²) in [4.78, 5) is 4.23. The van der Waals surface area contributed by atoms with Crippen molar-refractivity contribution in [2.75, 3.05) is 24.0 Å². The molecule has 1 N–H and O–H groups in total. The average molecular weight is 258 g/mol. The molecular weight excluding hydrogens is 240 g/mol. The molecule has 0 bridgehead atoms. The van der Waals surface area contributed by atoms with E-state index in [1.165, 1.54) is 0 Å². The molecule has 0 aliphatic carbocycles. The minimum Gasteiger partial charge on any atom is -0.396 e. The lowest BCUT2D eigenvalue weighted by molar-refractivity contribution is 0.287. The van der Waals surface area contributed by atoms with Gasteiger partial charge in [-0.15, -0.1) is 0 Å². The van der Waals surface area contributed by atoms with Crippen molar-refractivity contribution in [1.29, 1.82) is 5.26 Å². The molecule has 0 radical (unpaired) electrons. The number of nitriles is 1. The van der Waals surface area contributed by atoms with E-state index in [-0.39, 0.29) is 6.61 Å². The molecule has 0 aliphatic heterocycles. The molecule has 3 nitrogen and oxygen atoms in total. The monoisotopic (exact) mass is 258 g/mol. The van der Waals surface area contributed by atoms with E-state index < -0.39 is 0 Å². The fourth-order valence-corrected chi connectivity index (χ4v) is 2.99. The number of thioether (sulfide) groups is 2. The highest BCUT2D eigenvalue weighted by molar-refractivity contribution is 8.24. The summed E-state index contributed by atoms with van der Waals surface area (Å²) in [5.74, 6) is 1.03. The van der Waals surface area contributed by atoms with Crippen LogP contribution in [-0.2, 0) is 0 Å². The molecule has 0 aromatic rings. The Morgan fingerprint density at radius 3 is 2.81 bits per heavy atom. The standard InChI is InChI=1S/C11H18N2OS2/c1-3-13-11(10(2)8-12)16-9-15-7-5-4-6-14/h14H,2-7,9H2,1H3. The summed E-state index contributed by atoms with van der Waals surface area (Å²) < 4.78 is 0. The van der Waals surface area contributed by atoms with Gasteiger partial charge in [0, 0.05) is 18.2 Å². The Balaban J connectivity index is 3.75. The number of unbranched alkanes of at least 4 members (excludes halogenated alkanes) is 1. The minimum absolute atomic E-state index is 0.265. The van der Waals surface area contributed by atoms with Crippen LogP contribution in [0.4, 0.5) is 0 Å². The van der Waals surface area contributed by atoms with E-state index in [1.54, 1.807) is 23.5 Å². The molecule has 5 heteroatoms. The fraction of sp³-hybridized carbons (Fsp3) is 0.636. The summed E-state index contributed by atoms with van der Waals surface area (Å²) in [5.41, 5.74) is 0.447. The van der Waals surface area contributed by atoms with E-state index in [0.29, 0.717) is 12.1 Å². The molecule has 0 aromatic carbocycles. The number of rotatable bonds is 8. The molecule has 0 atom stereocenters. The van der Waals surface area contributed by atoms with E-state index in [0.717, 1.165) is 28.7 Å². The number of aliphatic imine (C=N–C) groups is 1. The van der Waals surface area contributed by atoms with Crippen molar-refractivity contribution in [3.63, 3.8) is 0 Å². The van der Waals surface area contributed by atoms with Gasteiger partial charge in [0.1, 0.15) is 11.1 Å². The lowest BCUT2D eigenvalue weighted by Gasteiger charge is -2.03. The molecule has 0 rings (SSSR count). The van der Waals surface area contributed by atoms with Gasteiger partial charge in [0.2, 0.25) is 0 Å². The second kappa shape index (κ2) is 11.1. The Morgan fingerprint density at radius 2 is 2.25 bits per heavy atom. The van der Waals surface area contributed by atoms with Crippen molar-refractivity contribution in [2.24, 2.45) is 4.99 Å². The summed E-state index contributed by atoms with van der Waals surface area (Å²) in [7, 11) is 0. The van der Waals surface area contributed by atoms with Crippen LogP contribution in [0.2, 0.25) is 0 Å². The Labute approximate surface area is 106 Å². The maximum Gasteiger partial charge on any atom is 0.108 e. The molecule has 0 aromatic heterocycles. The van der Waals surface area contributed by atoms with Crippen molar-refractivity contribution in [2.45, 2.75) is 19.8 Å². The highest BCUT2D eigenvalue weighted by Gasteiger charge is 2.04. The summed E-state index contributed by atoms with van der Waals surface area (Å²) in [5, 5.41) is 19.0. The SMILES string of the molecule is C=C(C#N)C(=NCC)SCSCCCCO. The molecule has 90 valence electrons. The molecule has 16 heavy (non-hydrogen) atoms. The highest BCUT2D eigenvalue weighted by Crippen LogP contribution is 2.18. The van der Waals surface area contributed by atoms with Crippen LogP contribution in [0.15, 0.2) is 17.1 Å². The quantitative estimate of drug-likeness (QED) is 0.239. The molecule has 0 aliphatic rings. The molecule has 0 fully saturated rings. The first-order valence-corrected chi connectivity index (χ1v) is 7.35. The van der Waals surface area contributed by atoms with Crippen LogP contribution in [0.5, 0.6) is 0 Å². The van der Waals surface area contributed by atoms with Crippen LogP contribution in [0.3, 0.4) is 0 Å². The van der Waals surface area contributed by atoms with Crippen molar-refractivity contribution < 1.29 is 5.11 Å². The van der Waals surface area contributed by atoms with Gasteiger partial charge < -0.3 is 5.11 Å². The van der Waals surface area contributed by atoms with Gasteiger partial charge in [0.15, 0.2) is 0 Å². The summed E-state index contributed by atoms with van der Waals surface area (Å²) in [6.45, 7) is 6.55. The van der Waals surface area contributed by atoms with Gasteiger partial charge >= 0.3 is 0 Å². The number of nitrogens with zero attached hydrogens (tertiary/aromatic N) is 2.